The van der Waals surface area contributed by atoms with E-state index in [1.54, 1.807) is 6.26 Å². The molecule has 1 unspecified atom stereocenters. The van der Waals surface area contributed by atoms with Gasteiger partial charge in [-0.3, -0.25) is 0 Å². The molecular formula is C30H31BrO4. The average Bonchev–Trinajstić information content (AvgIpc) is 3.17. The summed E-state index contributed by atoms with van der Waals surface area (Å²) >= 11 is 3.39. The maximum Gasteiger partial charge on any atom is 0.284 e. The summed E-state index contributed by atoms with van der Waals surface area (Å²) in [6.07, 6.45) is 19.6. The molecule has 6 atom stereocenters. The Kier molecular flexibility index (Phi) is 6.06. The lowest BCUT2D eigenvalue weighted by molar-refractivity contribution is -0.190. The molecule has 0 aromatic heterocycles. The van der Waals surface area contributed by atoms with Gasteiger partial charge in [0.15, 0.2) is 0 Å². The van der Waals surface area contributed by atoms with E-state index in [4.69, 9.17) is 18.9 Å². The maximum atomic E-state index is 6.69. The van der Waals surface area contributed by atoms with Crippen LogP contribution in [-0.2, 0) is 20.6 Å². The minimum absolute atomic E-state index is 0.00777. The number of rotatable bonds is 4. The zero-order chi connectivity index (χ0) is 23.9. The summed E-state index contributed by atoms with van der Waals surface area (Å²) in [4.78, 5) is 3.03. The van der Waals surface area contributed by atoms with Crippen LogP contribution < -0.4 is 4.74 Å². The molecule has 182 valence electrons. The summed E-state index contributed by atoms with van der Waals surface area (Å²) in [5.41, 5.74) is 2.41. The molecular weight excluding hydrogens is 504 g/mol. The van der Waals surface area contributed by atoms with E-state index in [2.05, 4.69) is 51.8 Å². The topological polar surface area (TPSA) is 36.9 Å². The normalized spacial score (nSPS) is 36.5. The zero-order valence-electron chi connectivity index (χ0n) is 20.0. The first kappa shape index (κ1) is 23.0. The lowest BCUT2D eigenvalue weighted by Crippen LogP contribution is -2.52. The number of benzene rings is 1. The highest BCUT2D eigenvalue weighted by atomic mass is 79.9. The van der Waals surface area contributed by atoms with Crippen LogP contribution in [0.3, 0.4) is 0 Å². The van der Waals surface area contributed by atoms with Crippen molar-refractivity contribution in [3.05, 3.63) is 78.0 Å². The Morgan fingerprint density at radius 1 is 1.11 bits per heavy atom. The number of fused-ring (bicyclic) bond motifs is 5. The van der Waals surface area contributed by atoms with E-state index in [0.717, 1.165) is 37.9 Å². The van der Waals surface area contributed by atoms with Gasteiger partial charge in [0.25, 0.3) is 5.95 Å². The van der Waals surface area contributed by atoms with Gasteiger partial charge in [-0.05, 0) is 103 Å². The van der Waals surface area contributed by atoms with Crippen molar-refractivity contribution in [1.82, 2.24) is 0 Å². The van der Waals surface area contributed by atoms with E-state index in [-0.39, 0.29) is 11.7 Å². The smallest absolute Gasteiger partial charge is 0.284 e. The third-order valence-corrected chi connectivity index (χ3v) is 9.16. The molecule has 5 heteroatoms. The van der Waals surface area contributed by atoms with Gasteiger partial charge in [-0.15, -0.1) is 0 Å². The number of hydrogen-bond donors (Lipinski definition) is 0. The van der Waals surface area contributed by atoms with Crippen molar-refractivity contribution in [2.45, 2.75) is 63.3 Å². The third kappa shape index (κ3) is 3.96. The first-order chi connectivity index (χ1) is 17.1. The molecule has 5 aliphatic rings. The molecule has 4 nitrogen and oxygen atoms in total. The minimum atomic E-state index is -0.507. The van der Waals surface area contributed by atoms with Crippen molar-refractivity contribution >= 4 is 15.9 Å². The van der Waals surface area contributed by atoms with Crippen LogP contribution in [0.4, 0.5) is 0 Å². The molecule has 35 heavy (non-hydrogen) atoms. The molecule has 2 fully saturated rings. The molecule has 6 rings (SSSR count). The lowest BCUT2D eigenvalue weighted by atomic mass is 9.53. The van der Waals surface area contributed by atoms with Crippen LogP contribution in [0, 0.1) is 28.0 Å². The number of ether oxygens (including phenoxy) is 4. The molecule has 0 spiro atoms. The van der Waals surface area contributed by atoms with E-state index in [1.807, 2.05) is 36.5 Å². The lowest BCUT2D eigenvalue weighted by Gasteiger charge is -2.53. The van der Waals surface area contributed by atoms with Gasteiger partial charge in [0, 0.05) is 27.4 Å². The minimum Gasteiger partial charge on any atom is -0.469 e. The van der Waals surface area contributed by atoms with Gasteiger partial charge >= 0.3 is 0 Å². The van der Waals surface area contributed by atoms with Crippen LogP contribution in [0.2, 0.25) is 0 Å². The average molecular weight is 535 g/mol. The highest BCUT2D eigenvalue weighted by Gasteiger charge is 2.63. The van der Waals surface area contributed by atoms with E-state index >= 15 is 0 Å². The van der Waals surface area contributed by atoms with Gasteiger partial charge in [-0.1, -0.05) is 31.1 Å². The monoisotopic (exact) mass is 534 g/mol. The Labute approximate surface area is 216 Å². The molecule has 0 radical (unpaired) electrons. The molecule has 0 amide bonds. The van der Waals surface area contributed by atoms with Crippen LogP contribution in [0.15, 0.2) is 66.9 Å². The number of aryl methyl sites for hydroxylation is 1. The van der Waals surface area contributed by atoms with Gasteiger partial charge in [-0.25, -0.2) is 0 Å². The second kappa shape index (κ2) is 9.22. The van der Waals surface area contributed by atoms with Crippen LogP contribution >= 0.6 is 15.9 Å². The summed E-state index contributed by atoms with van der Waals surface area (Å²) in [7, 11) is 0. The van der Waals surface area contributed by atoms with Gasteiger partial charge in [0.2, 0.25) is 6.29 Å². The van der Waals surface area contributed by atoms with Crippen LogP contribution in [0.1, 0.15) is 56.1 Å². The fourth-order valence-corrected chi connectivity index (χ4v) is 7.64. The standard InChI is InChI=1S/C30H31BrO4/c1-29-14-12-24-23-11-9-22(34-27-6-2-4-18-32-27)20-21(23)8-10-25(24)26(29)13-15-30(29,16-17-31)35-28-7-3-5-19-33-28/h2-7,9,11,19-20,24-26,28H,8,10,12-15,18H2,1H3/t24-,25-,26+,28?,29+,30-/m1/s1. The summed E-state index contributed by atoms with van der Waals surface area (Å²) in [5.74, 6) is 6.71. The zero-order valence-corrected chi connectivity index (χ0v) is 21.6. The van der Waals surface area contributed by atoms with Gasteiger partial charge in [-0.2, -0.15) is 0 Å². The molecule has 0 saturated heterocycles. The summed E-state index contributed by atoms with van der Waals surface area (Å²) < 4.78 is 24.0. The van der Waals surface area contributed by atoms with Crippen molar-refractivity contribution in [2.75, 3.05) is 6.61 Å². The predicted molar refractivity (Wildman–Crippen MR) is 139 cm³/mol. The molecule has 0 N–H and O–H groups in total. The Hall–Kier alpha value is -2.42. The first-order valence-electron chi connectivity index (χ1n) is 12.7. The highest BCUT2D eigenvalue weighted by Crippen LogP contribution is 2.65. The van der Waals surface area contributed by atoms with E-state index in [9.17, 15) is 0 Å². The number of hydrogen-bond acceptors (Lipinski definition) is 4. The number of halogens is 1. The molecule has 2 saturated carbocycles. The SMILES string of the molecule is C[C@]12CC[C@@H]3c4ccc(OC5=CC=CCO5)cc4CC[C@H]3[C@@H]1CC[C@]2(C#CBr)OC1C=CC=CO1. The van der Waals surface area contributed by atoms with Crippen LogP contribution in [0.5, 0.6) is 5.75 Å². The maximum absolute atomic E-state index is 6.69. The van der Waals surface area contributed by atoms with Crippen molar-refractivity contribution in [1.29, 1.82) is 0 Å². The molecule has 1 aromatic rings. The Balaban J connectivity index is 1.24. The molecule has 3 aliphatic carbocycles. The second-order valence-corrected chi connectivity index (χ2v) is 10.9. The van der Waals surface area contributed by atoms with E-state index in [1.165, 1.54) is 17.5 Å². The first-order valence-corrected chi connectivity index (χ1v) is 13.5. The quantitative estimate of drug-likeness (QED) is 0.394. The summed E-state index contributed by atoms with van der Waals surface area (Å²) in [6, 6.07) is 6.63. The fourth-order valence-electron chi connectivity index (χ4n) is 7.32. The fraction of sp³-hybridized carbons (Fsp3) is 0.467. The van der Waals surface area contributed by atoms with Gasteiger partial charge < -0.3 is 18.9 Å². The Morgan fingerprint density at radius 2 is 2.06 bits per heavy atom. The van der Waals surface area contributed by atoms with Crippen molar-refractivity contribution < 1.29 is 18.9 Å². The molecule has 0 bridgehead atoms. The van der Waals surface area contributed by atoms with Gasteiger partial charge in [0.05, 0.1) is 6.26 Å². The van der Waals surface area contributed by atoms with E-state index in [0.29, 0.717) is 30.3 Å². The van der Waals surface area contributed by atoms with E-state index < -0.39 is 5.60 Å². The number of allylic oxidation sites excluding steroid dienone is 4. The Bertz CT molecular complexity index is 1170. The molecule has 1 aromatic carbocycles. The molecule has 2 aliphatic heterocycles. The summed E-state index contributed by atoms with van der Waals surface area (Å²) in [5, 5.41) is 0. The predicted octanol–water partition coefficient (Wildman–Crippen LogP) is 6.89. The van der Waals surface area contributed by atoms with Crippen LogP contribution in [-0.4, -0.2) is 18.5 Å². The Morgan fingerprint density at radius 3 is 2.86 bits per heavy atom. The van der Waals surface area contributed by atoms with Crippen molar-refractivity contribution in [3.63, 3.8) is 0 Å². The third-order valence-electron chi connectivity index (χ3n) is 8.96. The second-order valence-electron chi connectivity index (χ2n) is 10.5. The van der Waals surface area contributed by atoms with Crippen LogP contribution in [0.25, 0.3) is 0 Å². The van der Waals surface area contributed by atoms with Gasteiger partial charge in [0.1, 0.15) is 18.0 Å². The summed E-state index contributed by atoms with van der Waals surface area (Å²) in [6.45, 7) is 2.98. The van der Waals surface area contributed by atoms with Crippen molar-refractivity contribution in [2.24, 2.45) is 17.3 Å². The highest BCUT2D eigenvalue weighted by molar-refractivity contribution is 9.12. The molecule has 2 heterocycles. The largest absolute Gasteiger partial charge is 0.469 e. The van der Waals surface area contributed by atoms with Crippen molar-refractivity contribution in [3.8, 4) is 16.5 Å².